The molecule has 0 amide bonds. The van der Waals surface area contributed by atoms with Gasteiger partial charge in [-0.05, 0) is 41.7 Å². The Bertz CT molecular complexity index is 1060. The van der Waals surface area contributed by atoms with Crippen LogP contribution in [0.4, 0.5) is 0 Å². The van der Waals surface area contributed by atoms with Crippen LogP contribution >= 0.6 is 0 Å². The van der Waals surface area contributed by atoms with Crippen molar-refractivity contribution in [1.29, 1.82) is 0 Å². The molecule has 0 bridgehead atoms. The Hall–Kier alpha value is -2.22. The molecule has 2 unspecified atom stereocenters. The molecule has 0 N–H and O–H groups in total. The van der Waals surface area contributed by atoms with E-state index in [0.29, 0.717) is 11.8 Å². The fraction of sp³-hybridized carbons (Fsp3) is 0.562. The largest absolute Gasteiger partial charge is 0.492 e. The molecule has 3 aromatic rings. The van der Waals surface area contributed by atoms with Crippen LogP contribution in [0.15, 0.2) is 42.5 Å². The first-order valence-corrected chi connectivity index (χ1v) is 13.5. The van der Waals surface area contributed by atoms with E-state index in [2.05, 4.69) is 90.9 Å². The van der Waals surface area contributed by atoms with Crippen molar-refractivity contribution < 1.29 is 9.47 Å². The summed E-state index contributed by atoms with van der Waals surface area (Å²) in [6, 6.07) is 15.5. The van der Waals surface area contributed by atoms with Crippen LogP contribution in [0.5, 0.6) is 11.5 Å². The van der Waals surface area contributed by atoms with E-state index in [-0.39, 0.29) is 5.41 Å². The second kappa shape index (κ2) is 12.0. The summed E-state index contributed by atoms with van der Waals surface area (Å²) >= 11 is 0. The fourth-order valence-corrected chi connectivity index (χ4v) is 4.60. The maximum absolute atomic E-state index is 6.64. The predicted octanol–water partition coefficient (Wildman–Crippen LogP) is 9.70. The topological polar surface area (TPSA) is 18.5 Å². The Balaban J connectivity index is 2.10. The average Bonchev–Trinajstić information content (AvgIpc) is 2.82. The molecule has 0 aliphatic carbocycles. The summed E-state index contributed by atoms with van der Waals surface area (Å²) in [6.07, 6.45) is 7.38. The summed E-state index contributed by atoms with van der Waals surface area (Å²) in [5.74, 6) is 3.08. The smallest absolute Gasteiger partial charge is 0.135 e. The molecule has 0 radical (unpaired) electrons. The Morgan fingerprint density at radius 2 is 1.15 bits per heavy atom. The van der Waals surface area contributed by atoms with Gasteiger partial charge in [0.05, 0.1) is 13.2 Å². The highest BCUT2D eigenvalue weighted by Crippen LogP contribution is 2.44. The molecule has 3 aromatic carbocycles. The van der Waals surface area contributed by atoms with Crippen molar-refractivity contribution in [3.8, 4) is 11.5 Å². The lowest BCUT2D eigenvalue weighted by Gasteiger charge is -2.24. The first kappa shape index (κ1) is 26.4. The number of hydrogen-bond donors (Lipinski definition) is 0. The molecule has 2 atom stereocenters. The SMILES string of the molecule is CCCCC(C)COc1c2ccccc2c(OCC(C)CCCC)c2cc(C(C)(C)C)ccc12. The highest BCUT2D eigenvalue weighted by molar-refractivity contribution is 6.11. The van der Waals surface area contributed by atoms with E-state index in [9.17, 15) is 0 Å². The molecule has 0 heterocycles. The van der Waals surface area contributed by atoms with Crippen molar-refractivity contribution in [2.75, 3.05) is 13.2 Å². The highest BCUT2D eigenvalue weighted by atomic mass is 16.5. The summed E-state index contributed by atoms with van der Waals surface area (Å²) in [7, 11) is 0. The second-order valence-corrected chi connectivity index (χ2v) is 11.3. The zero-order chi connectivity index (χ0) is 24.7. The van der Waals surface area contributed by atoms with E-state index in [0.717, 1.165) is 40.9 Å². The monoisotopic (exact) mass is 462 g/mol. The lowest BCUT2D eigenvalue weighted by atomic mass is 9.85. The number of rotatable bonds is 12. The molecule has 0 aromatic heterocycles. The normalized spacial score (nSPS) is 13.9. The first-order chi connectivity index (χ1) is 16.3. The number of benzene rings is 3. The van der Waals surface area contributed by atoms with Crippen LogP contribution in [0.1, 0.15) is 92.6 Å². The lowest BCUT2D eigenvalue weighted by Crippen LogP contribution is -2.13. The summed E-state index contributed by atoms with van der Waals surface area (Å²) in [5, 5.41) is 4.63. The van der Waals surface area contributed by atoms with Gasteiger partial charge >= 0.3 is 0 Å². The van der Waals surface area contributed by atoms with Crippen LogP contribution in [-0.4, -0.2) is 13.2 Å². The lowest BCUT2D eigenvalue weighted by molar-refractivity contribution is 0.251. The predicted molar refractivity (Wildman–Crippen MR) is 149 cm³/mol. The third kappa shape index (κ3) is 6.46. The minimum atomic E-state index is 0.0706. The maximum atomic E-state index is 6.64. The summed E-state index contributed by atoms with van der Waals surface area (Å²) < 4.78 is 13.2. The molecule has 0 saturated heterocycles. The van der Waals surface area contributed by atoms with Crippen LogP contribution in [-0.2, 0) is 5.41 Å². The molecule has 2 nitrogen and oxygen atoms in total. The maximum Gasteiger partial charge on any atom is 0.135 e. The van der Waals surface area contributed by atoms with Crippen molar-refractivity contribution in [3.63, 3.8) is 0 Å². The molecular weight excluding hydrogens is 416 g/mol. The fourth-order valence-electron chi connectivity index (χ4n) is 4.60. The molecule has 0 aliphatic rings. The van der Waals surface area contributed by atoms with Crippen molar-refractivity contribution in [2.45, 2.75) is 92.4 Å². The molecular formula is C32H46O2. The van der Waals surface area contributed by atoms with E-state index in [4.69, 9.17) is 9.47 Å². The van der Waals surface area contributed by atoms with Gasteiger partial charge in [0.15, 0.2) is 0 Å². The quantitative estimate of drug-likeness (QED) is 0.249. The Labute approximate surface area is 208 Å². The minimum absolute atomic E-state index is 0.0706. The van der Waals surface area contributed by atoms with Gasteiger partial charge in [-0.15, -0.1) is 0 Å². The highest BCUT2D eigenvalue weighted by Gasteiger charge is 2.21. The van der Waals surface area contributed by atoms with Gasteiger partial charge in [0, 0.05) is 21.5 Å². The third-order valence-corrected chi connectivity index (χ3v) is 6.92. The van der Waals surface area contributed by atoms with Gasteiger partial charge < -0.3 is 9.47 Å². The number of ether oxygens (including phenoxy) is 2. The van der Waals surface area contributed by atoms with Gasteiger partial charge in [0.1, 0.15) is 11.5 Å². The van der Waals surface area contributed by atoms with Crippen LogP contribution < -0.4 is 9.47 Å². The molecule has 34 heavy (non-hydrogen) atoms. The van der Waals surface area contributed by atoms with E-state index in [1.807, 2.05) is 0 Å². The Kier molecular flexibility index (Phi) is 9.28. The molecule has 3 rings (SSSR count). The van der Waals surface area contributed by atoms with Gasteiger partial charge in [0.2, 0.25) is 0 Å². The summed E-state index contributed by atoms with van der Waals surface area (Å²) in [4.78, 5) is 0. The zero-order valence-electron chi connectivity index (χ0n) is 22.7. The van der Waals surface area contributed by atoms with Crippen molar-refractivity contribution in [1.82, 2.24) is 0 Å². The van der Waals surface area contributed by atoms with Crippen LogP contribution in [0.3, 0.4) is 0 Å². The van der Waals surface area contributed by atoms with Crippen molar-refractivity contribution >= 4 is 21.5 Å². The van der Waals surface area contributed by atoms with Crippen LogP contribution in [0.25, 0.3) is 21.5 Å². The molecule has 0 aliphatic heterocycles. The molecule has 0 fully saturated rings. The van der Waals surface area contributed by atoms with Gasteiger partial charge in [-0.3, -0.25) is 0 Å². The van der Waals surface area contributed by atoms with Gasteiger partial charge in [0.25, 0.3) is 0 Å². The standard InChI is InChI=1S/C32H46O2/c1-8-10-14-23(3)21-33-30-26-16-12-13-17-27(26)31(34-22-24(4)15-11-9-2)29-20-25(32(5,6)7)18-19-28(29)30/h12-13,16-20,23-24H,8-11,14-15,21-22H2,1-7H3. The minimum Gasteiger partial charge on any atom is -0.492 e. The molecule has 2 heteroatoms. The molecule has 186 valence electrons. The Morgan fingerprint density at radius 1 is 0.676 bits per heavy atom. The zero-order valence-corrected chi connectivity index (χ0v) is 22.7. The van der Waals surface area contributed by atoms with Gasteiger partial charge in [-0.2, -0.15) is 0 Å². The number of unbranched alkanes of at least 4 members (excludes halogenated alkanes) is 2. The van der Waals surface area contributed by atoms with Crippen LogP contribution in [0, 0.1) is 11.8 Å². The number of fused-ring (bicyclic) bond motifs is 2. The van der Waals surface area contributed by atoms with Gasteiger partial charge in [-0.1, -0.05) is 111 Å². The number of hydrogen-bond acceptors (Lipinski definition) is 2. The van der Waals surface area contributed by atoms with E-state index < -0.39 is 0 Å². The average molecular weight is 463 g/mol. The van der Waals surface area contributed by atoms with Crippen LogP contribution in [0.2, 0.25) is 0 Å². The summed E-state index contributed by atoms with van der Waals surface area (Å²) in [5.41, 5.74) is 1.39. The van der Waals surface area contributed by atoms with E-state index >= 15 is 0 Å². The van der Waals surface area contributed by atoms with Crippen molar-refractivity contribution in [3.05, 3.63) is 48.0 Å². The van der Waals surface area contributed by atoms with Gasteiger partial charge in [-0.25, -0.2) is 0 Å². The molecule has 0 saturated carbocycles. The summed E-state index contributed by atoms with van der Waals surface area (Å²) in [6.45, 7) is 17.4. The van der Waals surface area contributed by atoms with Crippen molar-refractivity contribution in [2.24, 2.45) is 11.8 Å². The second-order valence-electron chi connectivity index (χ2n) is 11.3. The van der Waals surface area contributed by atoms with E-state index in [1.165, 1.54) is 49.5 Å². The molecule has 0 spiro atoms. The third-order valence-electron chi connectivity index (χ3n) is 6.92. The Morgan fingerprint density at radius 3 is 1.62 bits per heavy atom. The van der Waals surface area contributed by atoms with E-state index in [1.54, 1.807) is 0 Å². The first-order valence-electron chi connectivity index (χ1n) is 13.5.